The van der Waals surface area contributed by atoms with Crippen LogP contribution in [-0.4, -0.2) is 49.4 Å². The second-order valence-corrected chi connectivity index (χ2v) is 5.56. The van der Waals surface area contributed by atoms with Gasteiger partial charge in [0.1, 0.15) is 17.7 Å². The van der Waals surface area contributed by atoms with Gasteiger partial charge in [0.15, 0.2) is 0 Å². The van der Waals surface area contributed by atoms with Gasteiger partial charge >= 0.3 is 12.1 Å². The first-order chi connectivity index (χ1) is 8.24. The van der Waals surface area contributed by atoms with Crippen LogP contribution in [0.1, 0.15) is 27.2 Å². The molecule has 0 spiro atoms. The van der Waals surface area contributed by atoms with E-state index in [1.807, 2.05) is 0 Å². The average Bonchev–Trinajstić information content (AvgIpc) is 2.71. The number of methoxy groups -OCH3 is 1. The number of carbonyl (C=O) groups is 2. The van der Waals surface area contributed by atoms with Gasteiger partial charge in [0.25, 0.3) is 0 Å². The molecule has 1 amide bonds. The number of carbonyl (C=O) groups excluding carboxylic acids is 2. The zero-order valence-electron chi connectivity index (χ0n) is 11.3. The van der Waals surface area contributed by atoms with Gasteiger partial charge in [-0.15, -0.1) is 0 Å². The molecule has 0 aromatic rings. The molecule has 0 aromatic carbocycles. The molecular formula is C12H20FNO4. The summed E-state index contributed by atoms with van der Waals surface area (Å²) in [6.45, 7) is 4.73. The van der Waals surface area contributed by atoms with Crippen molar-refractivity contribution in [3.05, 3.63) is 0 Å². The maximum absolute atomic E-state index is 13.1. The fourth-order valence-corrected chi connectivity index (χ4v) is 1.90. The Morgan fingerprint density at radius 1 is 1.39 bits per heavy atom. The molecule has 0 saturated carbocycles. The summed E-state index contributed by atoms with van der Waals surface area (Å²) in [5.41, 5.74) is -1.84. The Morgan fingerprint density at radius 3 is 2.44 bits per heavy atom. The smallest absolute Gasteiger partial charge is 0.410 e. The Bertz CT molecular complexity index is 339. The highest BCUT2D eigenvalue weighted by atomic mass is 19.1. The van der Waals surface area contributed by atoms with Gasteiger partial charge in [0.2, 0.25) is 0 Å². The number of rotatable bonds is 2. The number of esters is 1. The molecule has 0 aliphatic carbocycles. The quantitative estimate of drug-likeness (QED) is 0.711. The molecule has 1 saturated heterocycles. The predicted octanol–water partition coefficient (Wildman–Crippen LogP) is 1.76. The second kappa shape index (κ2) is 5.12. The molecule has 0 bridgehead atoms. The monoisotopic (exact) mass is 261 g/mol. The van der Waals surface area contributed by atoms with E-state index in [9.17, 15) is 14.0 Å². The molecule has 5 nitrogen and oxygen atoms in total. The summed E-state index contributed by atoms with van der Waals surface area (Å²) in [7, 11) is 1.22. The van der Waals surface area contributed by atoms with Crippen LogP contribution in [0, 0.1) is 5.41 Å². The molecule has 1 heterocycles. The number of hydrogen-bond donors (Lipinski definition) is 0. The summed E-state index contributed by atoms with van der Waals surface area (Å²) in [5, 5.41) is 0. The van der Waals surface area contributed by atoms with E-state index in [2.05, 4.69) is 4.74 Å². The fraction of sp³-hybridized carbons (Fsp3) is 0.833. The molecule has 18 heavy (non-hydrogen) atoms. The maximum Gasteiger partial charge on any atom is 0.410 e. The van der Waals surface area contributed by atoms with Crippen molar-refractivity contribution in [3.8, 4) is 0 Å². The summed E-state index contributed by atoms with van der Waals surface area (Å²) in [5.74, 6) is -0.615. The molecule has 6 heteroatoms. The van der Waals surface area contributed by atoms with Crippen molar-refractivity contribution in [1.29, 1.82) is 0 Å². The number of alkyl halides is 1. The third kappa shape index (κ3) is 3.11. The zero-order chi connectivity index (χ0) is 14.0. The van der Waals surface area contributed by atoms with E-state index < -0.39 is 29.8 Å². The Balaban J connectivity index is 2.70. The lowest BCUT2D eigenvalue weighted by atomic mass is 9.89. The van der Waals surface area contributed by atoms with Crippen molar-refractivity contribution in [2.75, 3.05) is 26.9 Å². The first-order valence-electron chi connectivity index (χ1n) is 5.86. The molecule has 0 radical (unpaired) electrons. The van der Waals surface area contributed by atoms with Gasteiger partial charge in [0, 0.05) is 13.1 Å². The zero-order valence-corrected chi connectivity index (χ0v) is 11.3. The number of halogens is 1. The van der Waals surface area contributed by atoms with Crippen LogP contribution in [0.4, 0.5) is 9.18 Å². The highest BCUT2D eigenvalue weighted by Gasteiger charge is 2.48. The Hall–Kier alpha value is -1.33. The standard InChI is InChI=1S/C12H20FNO4/c1-11(2,3)18-10(16)14-6-5-12(7-13,8-14)9(15)17-4/h5-8H2,1-4H3. The molecule has 1 rings (SSSR count). The van der Waals surface area contributed by atoms with Crippen LogP contribution >= 0.6 is 0 Å². The van der Waals surface area contributed by atoms with Crippen LogP contribution in [0.15, 0.2) is 0 Å². The summed E-state index contributed by atoms with van der Waals surface area (Å²) >= 11 is 0. The van der Waals surface area contributed by atoms with Gasteiger partial charge in [-0.2, -0.15) is 0 Å². The number of nitrogens with zero attached hydrogens (tertiary/aromatic N) is 1. The minimum Gasteiger partial charge on any atom is -0.468 e. The van der Waals surface area contributed by atoms with Crippen LogP contribution in [0.25, 0.3) is 0 Å². The van der Waals surface area contributed by atoms with E-state index in [0.717, 1.165) is 0 Å². The van der Waals surface area contributed by atoms with Crippen molar-refractivity contribution in [2.45, 2.75) is 32.8 Å². The van der Waals surface area contributed by atoms with Crippen LogP contribution in [0.2, 0.25) is 0 Å². The highest BCUT2D eigenvalue weighted by molar-refractivity contribution is 5.79. The molecule has 0 aromatic heterocycles. The molecule has 1 atom stereocenters. The lowest BCUT2D eigenvalue weighted by molar-refractivity contribution is -0.152. The van der Waals surface area contributed by atoms with Crippen molar-refractivity contribution < 1.29 is 23.5 Å². The van der Waals surface area contributed by atoms with Gasteiger partial charge in [-0.05, 0) is 27.2 Å². The van der Waals surface area contributed by atoms with Crippen molar-refractivity contribution >= 4 is 12.1 Å². The van der Waals surface area contributed by atoms with Crippen molar-refractivity contribution in [3.63, 3.8) is 0 Å². The van der Waals surface area contributed by atoms with E-state index in [1.54, 1.807) is 20.8 Å². The average molecular weight is 261 g/mol. The second-order valence-electron chi connectivity index (χ2n) is 5.56. The Kier molecular flexibility index (Phi) is 4.19. The summed E-state index contributed by atoms with van der Waals surface area (Å²) in [6, 6.07) is 0. The van der Waals surface area contributed by atoms with Gasteiger partial charge in [-0.1, -0.05) is 0 Å². The molecule has 1 aliphatic rings. The Morgan fingerprint density at radius 2 is 2.00 bits per heavy atom. The molecule has 0 N–H and O–H groups in total. The SMILES string of the molecule is COC(=O)C1(CF)CCN(C(=O)OC(C)(C)C)C1. The van der Waals surface area contributed by atoms with Crippen LogP contribution in [0.3, 0.4) is 0 Å². The van der Waals surface area contributed by atoms with Crippen molar-refractivity contribution in [1.82, 2.24) is 4.90 Å². The third-order valence-electron chi connectivity index (χ3n) is 2.88. The van der Waals surface area contributed by atoms with Crippen LogP contribution < -0.4 is 0 Å². The molecule has 1 unspecified atom stereocenters. The lowest BCUT2D eigenvalue weighted by Crippen LogP contribution is -2.41. The normalized spacial score (nSPS) is 23.9. The minimum absolute atomic E-state index is 0.00505. The lowest BCUT2D eigenvalue weighted by Gasteiger charge is -2.26. The number of hydrogen-bond acceptors (Lipinski definition) is 4. The molecular weight excluding hydrogens is 241 g/mol. The van der Waals surface area contributed by atoms with Gasteiger partial charge < -0.3 is 14.4 Å². The van der Waals surface area contributed by atoms with Crippen LogP contribution in [0.5, 0.6) is 0 Å². The fourth-order valence-electron chi connectivity index (χ4n) is 1.90. The van der Waals surface area contributed by atoms with E-state index in [0.29, 0.717) is 6.54 Å². The van der Waals surface area contributed by atoms with Gasteiger partial charge in [-0.3, -0.25) is 4.79 Å². The van der Waals surface area contributed by atoms with E-state index in [-0.39, 0.29) is 13.0 Å². The number of likely N-dealkylation sites (tertiary alicyclic amines) is 1. The summed E-state index contributed by atoms with van der Waals surface area (Å²) < 4.78 is 22.9. The summed E-state index contributed by atoms with van der Waals surface area (Å²) in [4.78, 5) is 24.7. The van der Waals surface area contributed by atoms with E-state index >= 15 is 0 Å². The molecule has 1 aliphatic heterocycles. The molecule has 104 valence electrons. The van der Waals surface area contributed by atoms with Crippen molar-refractivity contribution in [2.24, 2.45) is 5.41 Å². The largest absolute Gasteiger partial charge is 0.468 e. The maximum atomic E-state index is 13.1. The molecule has 1 fully saturated rings. The highest BCUT2D eigenvalue weighted by Crippen LogP contribution is 2.33. The third-order valence-corrected chi connectivity index (χ3v) is 2.88. The van der Waals surface area contributed by atoms with Gasteiger partial charge in [0.05, 0.1) is 7.11 Å². The number of ether oxygens (including phenoxy) is 2. The first kappa shape index (κ1) is 14.7. The first-order valence-corrected chi connectivity index (χ1v) is 5.86. The number of amides is 1. The Labute approximate surface area is 106 Å². The summed E-state index contributed by atoms with van der Waals surface area (Å²) in [6.07, 6.45) is -0.267. The van der Waals surface area contributed by atoms with E-state index in [1.165, 1.54) is 12.0 Å². The van der Waals surface area contributed by atoms with Crippen LogP contribution in [-0.2, 0) is 14.3 Å². The van der Waals surface area contributed by atoms with Gasteiger partial charge in [-0.25, -0.2) is 9.18 Å². The topological polar surface area (TPSA) is 55.8 Å². The minimum atomic E-state index is -1.23. The predicted molar refractivity (Wildman–Crippen MR) is 62.8 cm³/mol. The van der Waals surface area contributed by atoms with E-state index in [4.69, 9.17) is 4.74 Å².